The SMILES string of the molecule is CNc1ccc2c(c1)CN(C1CCC(=O)N(C)C1=O)[C@@H]2O. The number of carbonyl (C=O) groups excluding carboxylic acids is 2. The molecule has 1 aromatic carbocycles. The second-order valence-corrected chi connectivity index (χ2v) is 5.56. The number of hydrogen-bond donors (Lipinski definition) is 2. The van der Waals surface area contributed by atoms with Gasteiger partial charge in [-0.1, -0.05) is 6.07 Å². The first-order chi connectivity index (χ1) is 10.0. The third-order valence-electron chi connectivity index (χ3n) is 4.40. The molecule has 2 N–H and O–H groups in total. The highest BCUT2D eigenvalue weighted by atomic mass is 16.3. The lowest BCUT2D eigenvalue weighted by Gasteiger charge is -2.35. The average Bonchev–Trinajstić information content (AvgIpc) is 2.81. The maximum Gasteiger partial charge on any atom is 0.246 e. The predicted octanol–water partition coefficient (Wildman–Crippen LogP) is 0.682. The predicted molar refractivity (Wildman–Crippen MR) is 77.3 cm³/mol. The van der Waals surface area contributed by atoms with Crippen molar-refractivity contribution in [3.8, 4) is 0 Å². The largest absolute Gasteiger partial charge is 0.388 e. The number of nitrogens with one attached hydrogen (secondary N) is 1. The Labute approximate surface area is 123 Å². The Bertz CT molecular complexity index is 602. The Kier molecular flexibility index (Phi) is 3.43. The van der Waals surface area contributed by atoms with Crippen LogP contribution in [0.25, 0.3) is 0 Å². The van der Waals surface area contributed by atoms with Gasteiger partial charge in [-0.25, -0.2) is 0 Å². The van der Waals surface area contributed by atoms with Crippen LogP contribution in [0.3, 0.4) is 0 Å². The number of nitrogens with zero attached hydrogens (tertiary/aromatic N) is 2. The summed E-state index contributed by atoms with van der Waals surface area (Å²) < 4.78 is 0. The number of aliphatic hydroxyl groups excluding tert-OH is 1. The van der Waals surface area contributed by atoms with Crippen LogP contribution in [0.2, 0.25) is 0 Å². The fraction of sp³-hybridized carbons (Fsp3) is 0.467. The van der Waals surface area contributed by atoms with Crippen LogP contribution in [0.5, 0.6) is 0 Å². The van der Waals surface area contributed by atoms with Gasteiger partial charge in [-0.2, -0.15) is 0 Å². The summed E-state index contributed by atoms with van der Waals surface area (Å²) in [5, 5.41) is 13.5. The number of amides is 2. The van der Waals surface area contributed by atoms with Crippen LogP contribution in [-0.2, 0) is 16.1 Å². The monoisotopic (exact) mass is 289 g/mol. The van der Waals surface area contributed by atoms with Gasteiger partial charge in [0.25, 0.3) is 0 Å². The van der Waals surface area contributed by atoms with E-state index in [4.69, 9.17) is 0 Å². The summed E-state index contributed by atoms with van der Waals surface area (Å²) in [5.41, 5.74) is 2.83. The van der Waals surface area contributed by atoms with E-state index >= 15 is 0 Å². The minimum Gasteiger partial charge on any atom is -0.388 e. The summed E-state index contributed by atoms with van der Waals surface area (Å²) in [5.74, 6) is -0.383. The van der Waals surface area contributed by atoms with E-state index in [1.54, 1.807) is 4.90 Å². The summed E-state index contributed by atoms with van der Waals surface area (Å²) in [7, 11) is 3.35. The number of likely N-dealkylation sites (N-methyl/N-ethyl adjacent to an activating group) is 1. The van der Waals surface area contributed by atoms with E-state index in [9.17, 15) is 14.7 Å². The third-order valence-corrected chi connectivity index (χ3v) is 4.40. The van der Waals surface area contributed by atoms with E-state index < -0.39 is 12.3 Å². The molecule has 21 heavy (non-hydrogen) atoms. The standard InChI is InChI=1S/C15H19N3O3/c1-16-10-3-4-11-9(7-10)8-18(14(11)20)12-5-6-13(19)17(2)15(12)21/h3-4,7,12,14,16,20H,5-6,8H2,1-2H3/t12?,14-/m1/s1. The molecule has 0 bridgehead atoms. The number of rotatable bonds is 2. The van der Waals surface area contributed by atoms with Crippen LogP contribution in [0, 0.1) is 0 Å². The van der Waals surface area contributed by atoms with Gasteiger partial charge in [0.2, 0.25) is 11.8 Å². The molecule has 2 aliphatic heterocycles. The molecule has 1 aromatic rings. The van der Waals surface area contributed by atoms with Gasteiger partial charge in [-0.05, 0) is 24.1 Å². The zero-order chi connectivity index (χ0) is 15.1. The summed E-state index contributed by atoms with van der Waals surface area (Å²) >= 11 is 0. The van der Waals surface area contributed by atoms with Crippen LogP contribution >= 0.6 is 0 Å². The maximum absolute atomic E-state index is 12.3. The van der Waals surface area contributed by atoms with Gasteiger partial charge in [-0.3, -0.25) is 19.4 Å². The lowest BCUT2D eigenvalue weighted by atomic mass is 10.0. The van der Waals surface area contributed by atoms with Gasteiger partial charge < -0.3 is 10.4 Å². The molecule has 112 valence electrons. The van der Waals surface area contributed by atoms with Crippen molar-refractivity contribution in [3.63, 3.8) is 0 Å². The number of carbonyl (C=O) groups is 2. The second-order valence-electron chi connectivity index (χ2n) is 5.56. The Balaban J connectivity index is 1.85. The molecule has 3 rings (SSSR count). The Morgan fingerprint density at radius 3 is 2.81 bits per heavy atom. The molecule has 0 aromatic heterocycles. The lowest BCUT2D eigenvalue weighted by molar-refractivity contribution is -0.155. The normalized spacial score (nSPS) is 26.1. The fourth-order valence-corrected chi connectivity index (χ4v) is 3.10. The number of imide groups is 1. The number of benzene rings is 1. The van der Waals surface area contributed by atoms with Crippen molar-refractivity contribution in [3.05, 3.63) is 29.3 Å². The molecule has 2 aliphatic rings. The first-order valence-electron chi connectivity index (χ1n) is 7.07. The first kappa shape index (κ1) is 14.0. The summed E-state index contributed by atoms with van der Waals surface area (Å²) in [6.07, 6.45) is 0.0154. The van der Waals surface area contributed by atoms with E-state index in [-0.39, 0.29) is 11.8 Å². The van der Waals surface area contributed by atoms with E-state index in [1.165, 1.54) is 11.9 Å². The average molecular weight is 289 g/mol. The molecule has 6 heteroatoms. The number of aliphatic hydroxyl groups is 1. The Morgan fingerprint density at radius 1 is 1.33 bits per heavy atom. The molecular formula is C15H19N3O3. The molecule has 0 aliphatic carbocycles. The van der Waals surface area contributed by atoms with Crippen molar-refractivity contribution < 1.29 is 14.7 Å². The van der Waals surface area contributed by atoms with E-state index in [2.05, 4.69) is 5.32 Å². The quantitative estimate of drug-likeness (QED) is 0.783. The number of likely N-dealkylation sites (tertiary alicyclic amines) is 1. The molecule has 0 spiro atoms. The highest BCUT2D eigenvalue weighted by Gasteiger charge is 2.41. The first-order valence-corrected chi connectivity index (χ1v) is 7.07. The van der Waals surface area contributed by atoms with Gasteiger partial charge in [0.15, 0.2) is 0 Å². The molecule has 2 heterocycles. The van der Waals surface area contributed by atoms with Crippen LogP contribution in [0.1, 0.15) is 30.2 Å². The molecule has 1 fully saturated rings. The van der Waals surface area contributed by atoms with Crippen molar-refractivity contribution in [2.75, 3.05) is 19.4 Å². The fourth-order valence-electron chi connectivity index (χ4n) is 3.10. The highest BCUT2D eigenvalue weighted by molar-refractivity contribution is 6.00. The zero-order valence-corrected chi connectivity index (χ0v) is 12.2. The number of anilines is 1. The summed E-state index contributed by atoms with van der Waals surface area (Å²) in [4.78, 5) is 26.8. The van der Waals surface area contributed by atoms with Crippen molar-refractivity contribution in [1.29, 1.82) is 0 Å². The minimum atomic E-state index is -0.790. The van der Waals surface area contributed by atoms with Crippen molar-refractivity contribution in [2.24, 2.45) is 0 Å². The molecule has 2 amide bonds. The van der Waals surface area contributed by atoms with Gasteiger partial charge in [0.1, 0.15) is 6.23 Å². The van der Waals surface area contributed by atoms with E-state index in [0.717, 1.165) is 16.8 Å². The number of fused-ring (bicyclic) bond motifs is 1. The van der Waals surface area contributed by atoms with Crippen LogP contribution in [0.4, 0.5) is 5.69 Å². The maximum atomic E-state index is 12.3. The summed E-state index contributed by atoms with van der Waals surface area (Å²) in [6, 6.07) is 5.34. The molecule has 0 radical (unpaired) electrons. The molecular weight excluding hydrogens is 270 g/mol. The lowest BCUT2D eigenvalue weighted by Crippen LogP contribution is -2.52. The van der Waals surface area contributed by atoms with Crippen LogP contribution in [-0.4, -0.2) is 46.9 Å². The Morgan fingerprint density at radius 2 is 2.10 bits per heavy atom. The van der Waals surface area contributed by atoms with E-state index in [1.807, 2.05) is 25.2 Å². The molecule has 6 nitrogen and oxygen atoms in total. The van der Waals surface area contributed by atoms with Gasteiger partial charge >= 0.3 is 0 Å². The summed E-state index contributed by atoms with van der Waals surface area (Å²) in [6.45, 7) is 0.518. The van der Waals surface area contributed by atoms with Crippen molar-refractivity contribution >= 4 is 17.5 Å². The second kappa shape index (κ2) is 5.13. The third kappa shape index (κ3) is 2.20. The zero-order valence-electron chi connectivity index (χ0n) is 12.2. The van der Waals surface area contributed by atoms with Gasteiger partial charge in [0.05, 0.1) is 6.04 Å². The molecule has 1 unspecified atom stereocenters. The minimum absolute atomic E-state index is 0.153. The van der Waals surface area contributed by atoms with Crippen molar-refractivity contribution in [1.82, 2.24) is 9.80 Å². The van der Waals surface area contributed by atoms with Crippen LogP contribution < -0.4 is 5.32 Å². The molecule has 1 saturated heterocycles. The number of piperidine rings is 1. The van der Waals surface area contributed by atoms with Crippen molar-refractivity contribution in [2.45, 2.75) is 31.7 Å². The van der Waals surface area contributed by atoms with E-state index in [0.29, 0.717) is 19.4 Å². The van der Waals surface area contributed by atoms with Crippen LogP contribution in [0.15, 0.2) is 18.2 Å². The van der Waals surface area contributed by atoms with Gasteiger partial charge in [-0.15, -0.1) is 0 Å². The topological polar surface area (TPSA) is 72.9 Å². The molecule has 2 atom stereocenters. The molecule has 0 saturated carbocycles. The highest BCUT2D eigenvalue weighted by Crippen LogP contribution is 2.36. The smallest absolute Gasteiger partial charge is 0.246 e. The Hall–Kier alpha value is -1.92. The number of hydrogen-bond acceptors (Lipinski definition) is 5. The van der Waals surface area contributed by atoms with Gasteiger partial charge in [0, 0.05) is 38.3 Å².